The number of imidazole rings is 1. The van der Waals surface area contributed by atoms with E-state index in [2.05, 4.69) is 82.7 Å². The van der Waals surface area contributed by atoms with Gasteiger partial charge in [-0.25, -0.2) is 15.0 Å². The van der Waals surface area contributed by atoms with Crippen LogP contribution in [0.2, 0.25) is 36.3 Å². The molecule has 1 fully saturated rings. The molecule has 0 saturated carbocycles. The van der Waals surface area contributed by atoms with Crippen LogP contribution < -0.4 is 5.73 Å². The van der Waals surface area contributed by atoms with Crippen molar-refractivity contribution >= 4 is 33.6 Å². The Bertz CT molecular complexity index is 1020. The van der Waals surface area contributed by atoms with E-state index in [0.29, 0.717) is 30.0 Å². The summed E-state index contributed by atoms with van der Waals surface area (Å²) in [5.74, 6) is 0.291. The number of nitrogens with two attached hydrogens (primary N) is 1. The summed E-state index contributed by atoms with van der Waals surface area (Å²) in [4.78, 5) is 13.0. The molecule has 0 bridgehead atoms. The van der Waals surface area contributed by atoms with Crippen molar-refractivity contribution in [1.29, 1.82) is 0 Å². The Kier molecular flexibility index (Phi) is 7.92. The third kappa shape index (κ3) is 5.64. The molecule has 4 atom stereocenters. The third-order valence-corrected chi connectivity index (χ3v) is 17.2. The first-order chi connectivity index (χ1) is 16.0. The number of anilines is 1. The van der Waals surface area contributed by atoms with Gasteiger partial charge in [-0.1, -0.05) is 41.5 Å². The van der Waals surface area contributed by atoms with Crippen molar-refractivity contribution in [3.05, 3.63) is 12.7 Å². The predicted octanol–water partition coefficient (Wildman–Crippen LogP) is 4.72. The number of aliphatic hydroxyl groups is 1. The van der Waals surface area contributed by atoms with Crippen LogP contribution in [0.4, 0.5) is 5.82 Å². The SMILES string of the molecule is CC(C)(C)[Si](C)(C)OC[C@H]1O[C@@H](n2cnc3c(N)ncnc32)[C@H](O[Si](C)(C)C(C)(C)C)[C@H]1CCO. The van der Waals surface area contributed by atoms with Gasteiger partial charge in [-0.3, -0.25) is 4.57 Å². The molecule has 1 aliphatic heterocycles. The number of hydrogen-bond acceptors (Lipinski definition) is 8. The largest absolute Gasteiger partial charge is 0.414 e. The summed E-state index contributed by atoms with van der Waals surface area (Å²) in [5, 5.41) is 10.1. The zero-order valence-electron chi connectivity index (χ0n) is 23.1. The molecule has 35 heavy (non-hydrogen) atoms. The minimum atomic E-state index is -2.18. The van der Waals surface area contributed by atoms with Gasteiger partial charge in [-0.15, -0.1) is 0 Å². The second-order valence-electron chi connectivity index (χ2n) is 12.7. The Hall–Kier alpha value is -1.38. The highest BCUT2D eigenvalue weighted by Crippen LogP contribution is 2.46. The summed E-state index contributed by atoms with van der Waals surface area (Å²) in [6, 6.07) is 0. The average Bonchev–Trinajstić information content (AvgIpc) is 3.28. The molecule has 198 valence electrons. The number of nitrogen functional groups attached to an aromatic ring is 1. The lowest BCUT2D eigenvalue weighted by Gasteiger charge is -2.41. The number of aliphatic hydroxyl groups excluding tert-OH is 1. The zero-order valence-corrected chi connectivity index (χ0v) is 25.1. The Balaban J connectivity index is 2.02. The zero-order chi connectivity index (χ0) is 26.4. The molecule has 2 aromatic rings. The van der Waals surface area contributed by atoms with Crippen molar-refractivity contribution in [2.45, 2.75) is 103 Å². The minimum absolute atomic E-state index is 0.0145. The van der Waals surface area contributed by atoms with Crippen LogP contribution in [0.3, 0.4) is 0 Å². The molecular formula is C24H45N5O4Si2. The first-order valence-corrected chi connectivity index (χ1v) is 18.3. The quantitative estimate of drug-likeness (QED) is 0.477. The van der Waals surface area contributed by atoms with Gasteiger partial charge in [0.2, 0.25) is 0 Å². The van der Waals surface area contributed by atoms with E-state index in [9.17, 15) is 5.11 Å². The van der Waals surface area contributed by atoms with Crippen LogP contribution in [-0.4, -0.2) is 66.7 Å². The molecule has 0 unspecified atom stereocenters. The molecule has 0 aromatic carbocycles. The van der Waals surface area contributed by atoms with E-state index in [0.717, 1.165) is 0 Å². The van der Waals surface area contributed by atoms with Crippen molar-refractivity contribution in [3.63, 3.8) is 0 Å². The molecule has 0 radical (unpaired) electrons. The lowest BCUT2D eigenvalue weighted by Crippen LogP contribution is -2.48. The maximum Gasteiger partial charge on any atom is 0.192 e. The highest BCUT2D eigenvalue weighted by atomic mass is 28.4. The molecule has 0 aliphatic carbocycles. The van der Waals surface area contributed by atoms with Gasteiger partial charge in [-0.2, -0.15) is 0 Å². The molecule has 9 nitrogen and oxygen atoms in total. The van der Waals surface area contributed by atoms with Gasteiger partial charge in [0, 0.05) is 12.5 Å². The summed E-state index contributed by atoms with van der Waals surface area (Å²) in [7, 11) is -4.17. The molecule has 3 N–H and O–H groups in total. The first-order valence-electron chi connectivity index (χ1n) is 12.5. The molecule has 3 rings (SSSR count). The molecule has 2 aromatic heterocycles. The molecule has 0 spiro atoms. The fraction of sp³-hybridized carbons (Fsp3) is 0.792. The van der Waals surface area contributed by atoms with E-state index in [1.807, 2.05) is 4.57 Å². The van der Waals surface area contributed by atoms with Gasteiger partial charge < -0.3 is 24.4 Å². The van der Waals surface area contributed by atoms with Crippen molar-refractivity contribution in [2.24, 2.45) is 5.92 Å². The van der Waals surface area contributed by atoms with Gasteiger partial charge in [0.25, 0.3) is 0 Å². The fourth-order valence-corrected chi connectivity index (χ4v) is 6.23. The molecular weight excluding hydrogens is 478 g/mol. The number of nitrogens with zero attached hydrogens (tertiary/aromatic N) is 4. The van der Waals surface area contributed by atoms with Crippen molar-refractivity contribution in [1.82, 2.24) is 19.5 Å². The minimum Gasteiger partial charge on any atom is -0.414 e. The van der Waals surface area contributed by atoms with Gasteiger partial charge in [0.1, 0.15) is 11.8 Å². The summed E-state index contributed by atoms with van der Waals surface area (Å²) in [5.41, 5.74) is 7.21. The first kappa shape index (κ1) is 28.2. The molecule has 3 heterocycles. The van der Waals surface area contributed by atoms with E-state index in [4.69, 9.17) is 19.3 Å². The van der Waals surface area contributed by atoms with Crippen molar-refractivity contribution < 1.29 is 18.7 Å². The van der Waals surface area contributed by atoms with Gasteiger partial charge in [0.15, 0.2) is 34.3 Å². The normalized spacial score (nSPS) is 24.4. The van der Waals surface area contributed by atoms with Crippen LogP contribution >= 0.6 is 0 Å². The number of rotatable bonds is 8. The van der Waals surface area contributed by atoms with E-state index < -0.39 is 22.9 Å². The topological polar surface area (TPSA) is 118 Å². The number of hydrogen-bond donors (Lipinski definition) is 2. The average molecular weight is 524 g/mol. The van der Waals surface area contributed by atoms with Gasteiger partial charge >= 0.3 is 0 Å². The summed E-state index contributed by atoms with van der Waals surface area (Å²) in [6.07, 6.45) is 2.73. The predicted molar refractivity (Wildman–Crippen MR) is 144 cm³/mol. The van der Waals surface area contributed by atoms with Gasteiger partial charge in [-0.05, 0) is 42.7 Å². The smallest absolute Gasteiger partial charge is 0.192 e. The molecule has 0 amide bonds. The Labute approximate surface area is 212 Å². The highest BCUT2D eigenvalue weighted by molar-refractivity contribution is 6.74. The molecule has 1 saturated heterocycles. The Morgan fingerprint density at radius 3 is 2.23 bits per heavy atom. The lowest BCUT2D eigenvalue weighted by molar-refractivity contribution is -0.0453. The summed E-state index contributed by atoms with van der Waals surface area (Å²) in [6.45, 7) is 22.8. The van der Waals surface area contributed by atoms with Crippen LogP contribution in [0, 0.1) is 5.92 Å². The number of aromatic nitrogens is 4. The Morgan fingerprint density at radius 1 is 1.03 bits per heavy atom. The Morgan fingerprint density at radius 2 is 1.66 bits per heavy atom. The van der Waals surface area contributed by atoms with Gasteiger partial charge in [0.05, 0.1) is 25.1 Å². The molecule has 1 aliphatic rings. The standard InChI is InChI=1S/C24H45N5O4Si2/c1-23(2,3)34(7,8)31-13-17-16(11-12-30)19(33-35(9,10)24(4,5)6)22(32-17)29-15-28-18-20(25)26-14-27-21(18)29/h14-17,19,22,30H,11-13H2,1-10H3,(H2,25,26,27)/t16-,17+,19+,22+/m0/s1. The summed E-state index contributed by atoms with van der Waals surface area (Å²) < 4.78 is 22.2. The van der Waals surface area contributed by atoms with Crippen LogP contribution in [0.25, 0.3) is 11.2 Å². The third-order valence-electron chi connectivity index (χ3n) is 8.27. The van der Waals surface area contributed by atoms with E-state index in [1.54, 1.807) is 6.33 Å². The monoisotopic (exact) mass is 523 g/mol. The van der Waals surface area contributed by atoms with Crippen LogP contribution in [0.15, 0.2) is 12.7 Å². The lowest BCUT2D eigenvalue weighted by atomic mass is 9.95. The maximum atomic E-state index is 10.0. The van der Waals surface area contributed by atoms with E-state index in [-0.39, 0.29) is 34.8 Å². The summed E-state index contributed by atoms with van der Waals surface area (Å²) >= 11 is 0. The van der Waals surface area contributed by atoms with Crippen LogP contribution in [0.1, 0.15) is 54.2 Å². The second-order valence-corrected chi connectivity index (χ2v) is 22.3. The van der Waals surface area contributed by atoms with E-state index >= 15 is 0 Å². The van der Waals surface area contributed by atoms with Crippen LogP contribution in [0.5, 0.6) is 0 Å². The van der Waals surface area contributed by atoms with Crippen molar-refractivity contribution in [3.8, 4) is 0 Å². The fourth-order valence-electron chi connectivity index (χ4n) is 3.89. The highest BCUT2D eigenvalue weighted by Gasteiger charge is 2.51. The van der Waals surface area contributed by atoms with Crippen molar-refractivity contribution in [2.75, 3.05) is 18.9 Å². The van der Waals surface area contributed by atoms with Crippen LogP contribution in [-0.2, 0) is 13.6 Å². The molecule has 11 heteroatoms. The number of ether oxygens (including phenoxy) is 1. The maximum absolute atomic E-state index is 10.0. The number of fused-ring (bicyclic) bond motifs is 1. The van der Waals surface area contributed by atoms with E-state index in [1.165, 1.54) is 6.33 Å². The second kappa shape index (κ2) is 9.83.